The molecule has 2 rings (SSSR count). The van der Waals surface area contributed by atoms with Crippen molar-refractivity contribution < 1.29 is 4.79 Å². The number of rotatable bonds is 2. The van der Waals surface area contributed by atoms with Gasteiger partial charge in [-0.1, -0.05) is 19.9 Å². The van der Waals surface area contributed by atoms with Crippen molar-refractivity contribution in [1.82, 2.24) is 10.3 Å². The lowest BCUT2D eigenvalue weighted by molar-refractivity contribution is 0.0956. The highest BCUT2D eigenvalue weighted by Gasteiger charge is 2.04. The van der Waals surface area contributed by atoms with Crippen LogP contribution in [0.3, 0.4) is 0 Å². The van der Waals surface area contributed by atoms with Gasteiger partial charge in [0.2, 0.25) is 0 Å². The van der Waals surface area contributed by atoms with Crippen LogP contribution in [0.15, 0.2) is 30.5 Å². The summed E-state index contributed by atoms with van der Waals surface area (Å²) in [5.41, 5.74) is 1.69. The lowest BCUT2D eigenvalue weighted by Crippen LogP contribution is -2.22. The van der Waals surface area contributed by atoms with Gasteiger partial charge in [0, 0.05) is 23.8 Å². The molecule has 0 spiro atoms. The first-order valence-electron chi connectivity index (χ1n) is 5.66. The average Bonchev–Trinajstić information content (AvgIpc) is 2.79. The highest BCUT2D eigenvalue weighted by atomic mass is 16.1. The summed E-state index contributed by atoms with van der Waals surface area (Å²) in [4.78, 5) is 14.6. The fourth-order valence-electron chi connectivity index (χ4n) is 1.45. The van der Waals surface area contributed by atoms with Crippen LogP contribution in [0.5, 0.6) is 0 Å². The smallest absolute Gasteiger partial charge is 0.251 e. The first-order valence-corrected chi connectivity index (χ1v) is 5.66. The van der Waals surface area contributed by atoms with Crippen molar-refractivity contribution >= 4 is 16.8 Å². The predicted octanol–water partition coefficient (Wildman–Crippen LogP) is 2.94. The minimum atomic E-state index is -0.0241. The van der Waals surface area contributed by atoms with Gasteiger partial charge in [-0.15, -0.1) is 0 Å². The first-order chi connectivity index (χ1) is 7.81. The van der Waals surface area contributed by atoms with E-state index >= 15 is 0 Å². The number of amides is 1. The quantitative estimate of drug-likeness (QED) is 0.799. The van der Waals surface area contributed by atoms with E-state index in [1.54, 1.807) is 0 Å². The van der Waals surface area contributed by atoms with Gasteiger partial charge in [-0.2, -0.15) is 0 Å². The third-order valence-electron chi connectivity index (χ3n) is 2.15. The zero-order valence-corrected chi connectivity index (χ0v) is 10.0. The molecule has 0 aliphatic carbocycles. The molecule has 2 N–H and O–H groups in total. The molecule has 0 atom stereocenters. The van der Waals surface area contributed by atoms with Crippen molar-refractivity contribution in [2.24, 2.45) is 0 Å². The number of nitrogens with one attached hydrogen (secondary N) is 2. The molecule has 0 bridgehead atoms. The Bertz CT molecular complexity index is 460. The van der Waals surface area contributed by atoms with E-state index in [0.717, 1.165) is 10.9 Å². The molecule has 1 amide bonds. The molecule has 0 aliphatic heterocycles. The second-order valence-corrected chi connectivity index (χ2v) is 3.14. The largest absolute Gasteiger partial charge is 0.361 e. The van der Waals surface area contributed by atoms with E-state index in [9.17, 15) is 4.79 Å². The van der Waals surface area contributed by atoms with Crippen LogP contribution in [0.1, 0.15) is 31.1 Å². The van der Waals surface area contributed by atoms with Crippen LogP contribution in [0, 0.1) is 0 Å². The number of hydrogen-bond acceptors (Lipinski definition) is 1. The van der Waals surface area contributed by atoms with Crippen LogP contribution in [-0.2, 0) is 0 Å². The van der Waals surface area contributed by atoms with E-state index in [1.165, 1.54) is 0 Å². The average molecular weight is 218 g/mol. The molecule has 0 saturated carbocycles. The lowest BCUT2D eigenvalue weighted by atomic mass is 10.1. The van der Waals surface area contributed by atoms with E-state index in [4.69, 9.17) is 0 Å². The van der Waals surface area contributed by atoms with Gasteiger partial charge in [-0.25, -0.2) is 0 Å². The maximum atomic E-state index is 11.5. The molecule has 0 unspecified atom stereocenters. The van der Waals surface area contributed by atoms with Gasteiger partial charge in [0.15, 0.2) is 0 Å². The summed E-state index contributed by atoms with van der Waals surface area (Å²) in [6, 6.07) is 7.62. The third-order valence-corrected chi connectivity index (χ3v) is 2.15. The molecule has 0 saturated heterocycles. The molecule has 0 aliphatic rings. The molecule has 1 aromatic carbocycles. The number of hydrogen-bond donors (Lipinski definition) is 2. The number of aromatic nitrogens is 1. The van der Waals surface area contributed by atoms with E-state index < -0.39 is 0 Å². The van der Waals surface area contributed by atoms with E-state index in [0.29, 0.717) is 12.1 Å². The third kappa shape index (κ3) is 2.63. The van der Waals surface area contributed by atoms with Gasteiger partial charge in [0.25, 0.3) is 5.91 Å². The van der Waals surface area contributed by atoms with Crippen LogP contribution in [-0.4, -0.2) is 17.4 Å². The molecule has 2 aromatic rings. The van der Waals surface area contributed by atoms with E-state index in [2.05, 4.69) is 10.3 Å². The summed E-state index contributed by atoms with van der Waals surface area (Å²) < 4.78 is 0. The van der Waals surface area contributed by atoms with Gasteiger partial charge in [0.1, 0.15) is 0 Å². The summed E-state index contributed by atoms with van der Waals surface area (Å²) in [5.74, 6) is -0.0241. The molecule has 3 heteroatoms. The molecule has 1 aromatic heterocycles. The second-order valence-electron chi connectivity index (χ2n) is 3.14. The summed E-state index contributed by atoms with van der Waals surface area (Å²) in [6.45, 7) is 6.56. The molecule has 86 valence electrons. The van der Waals surface area contributed by atoms with Crippen molar-refractivity contribution in [3.05, 3.63) is 36.0 Å². The fraction of sp³-hybridized carbons (Fsp3) is 0.308. The molecule has 16 heavy (non-hydrogen) atoms. The zero-order chi connectivity index (χ0) is 12.0. The highest BCUT2D eigenvalue weighted by molar-refractivity contribution is 5.97. The van der Waals surface area contributed by atoms with Crippen molar-refractivity contribution in [3.8, 4) is 0 Å². The Kier molecular flexibility index (Phi) is 4.58. The van der Waals surface area contributed by atoms with Gasteiger partial charge >= 0.3 is 0 Å². The van der Waals surface area contributed by atoms with Gasteiger partial charge < -0.3 is 10.3 Å². The number of carbonyl (C=O) groups is 1. The topological polar surface area (TPSA) is 44.9 Å². The SMILES string of the molecule is CC.CCNC(=O)c1ccc2cc[nH]c2c1. The zero-order valence-electron chi connectivity index (χ0n) is 10.0. The summed E-state index contributed by atoms with van der Waals surface area (Å²) in [6.07, 6.45) is 1.87. The number of aromatic amines is 1. The lowest BCUT2D eigenvalue weighted by Gasteiger charge is -2.01. The summed E-state index contributed by atoms with van der Waals surface area (Å²) in [5, 5.41) is 3.89. The van der Waals surface area contributed by atoms with Crippen LogP contribution >= 0.6 is 0 Å². The maximum Gasteiger partial charge on any atom is 0.251 e. The summed E-state index contributed by atoms with van der Waals surface area (Å²) >= 11 is 0. The first kappa shape index (κ1) is 12.3. The minimum Gasteiger partial charge on any atom is -0.361 e. The van der Waals surface area contributed by atoms with Crippen LogP contribution < -0.4 is 5.32 Å². The maximum absolute atomic E-state index is 11.5. The normalized spacial score (nSPS) is 9.44. The van der Waals surface area contributed by atoms with Crippen molar-refractivity contribution in [2.45, 2.75) is 20.8 Å². The minimum absolute atomic E-state index is 0.0241. The predicted molar refractivity (Wildman–Crippen MR) is 67.7 cm³/mol. The standard InChI is InChI=1S/C11H12N2O.C2H6/c1-2-12-11(14)9-4-3-8-5-6-13-10(8)7-9;1-2/h3-7,13H,2H2,1H3,(H,12,14);1-2H3. The van der Waals surface area contributed by atoms with E-state index in [1.807, 2.05) is 51.2 Å². The Morgan fingerprint density at radius 3 is 2.75 bits per heavy atom. The molecular formula is C13H18N2O. The molecule has 1 heterocycles. The van der Waals surface area contributed by atoms with Crippen LogP contribution in [0.4, 0.5) is 0 Å². The molecule has 3 nitrogen and oxygen atoms in total. The number of fused-ring (bicyclic) bond motifs is 1. The van der Waals surface area contributed by atoms with Crippen LogP contribution in [0.25, 0.3) is 10.9 Å². The van der Waals surface area contributed by atoms with Crippen LogP contribution in [0.2, 0.25) is 0 Å². The Morgan fingerprint density at radius 1 is 1.31 bits per heavy atom. The van der Waals surface area contributed by atoms with Crippen molar-refractivity contribution in [2.75, 3.05) is 6.54 Å². The Morgan fingerprint density at radius 2 is 2.06 bits per heavy atom. The Hall–Kier alpha value is -1.77. The number of carbonyl (C=O) groups excluding carboxylic acids is 1. The molecular weight excluding hydrogens is 200 g/mol. The monoisotopic (exact) mass is 218 g/mol. The molecule has 0 fully saturated rings. The number of benzene rings is 1. The molecule has 0 radical (unpaired) electrons. The highest BCUT2D eigenvalue weighted by Crippen LogP contribution is 2.13. The summed E-state index contributed by atoms with van der Waals surface area (Å²) in [7, 11) is 0. The van der Waals surface area contributed by atoms with Gasteiger partial charge in [-0.05, 0) is 30.5 Å². The van der Waals surface area contributed by atoms with Gasteiger partial charge in [-0.3, -0.25) is 4.79 Å². The van der Waals surface area contributed by atoms with Crippen molar-refractivity contribution in [3.63, 3.8) is 0 Å². The Labute approximate surface area is 95.9 Å². The van der Waals surface area contributed by atoms with Crippen molar-refractivity contribution in [1.29, 1.82) is 0 Å². The van der Waals surface area contributed by atoms with E-state index in [-0.39, 0.29) is 5.91 Å². The Balaban J connectivity index is 0.000000606. The van der Waals surface area contributed by atoms with Gasteiger partial charge in [0.05, 0.1) is 0 Å². The number of H-pyrrole nitrogens is 1. The fourth-order valence-corrected chi connectivity index (χ4v) is 1.45. The second kappa shape index (κ2) is 5.95.